The van der Waals surface area contributed by atoms with Crippen LogP contribution in [0.4, 0.5) is 5.69 Å². The normalized spacial score (nSPS) is 11.9. The molecule has 2 rings (SSSR count). The van der Waals surface area contributed by atoms with Gasteiger partial charge in [-0.3, -0.25) is 0 Å². The Bertz CT molecular complexity index is 568. The van der Waals surface area contributed by atoms with E-state index in [4.69, 9.17) is 16.3 Å². The van der Waals surface area contributed by atoms with Gasteiger partial charge in [0.25, 0.3) is 0 Å². The zero-order chi connectivity index (χ0) is 13.8. The van der Waals surface area contributed by atoms with Gasteiger partial charge < -0.3 is 10.1 Å². The summed E-state index contributed by atoms with van der Waals surface area (Å²) in [7, 11) is 1.37. The highest BCUT2D eigenvalue weighted by Crippen LogP contribution is 2.27. The van der Waals surface area contributed by atoms with E-state index < -0.39 is 6.04 Å². The van der Waals surface area contributed by atoms with E-state index in [2.05, 4.69) is 10.3 Å². The van der Waals surface area contributed by atoms with E-state index in [-0.39, 0.29) is 5.97 Å². The number of esters is 1. The van der Waals surface area contributed by atoms with Gasteiger partial charge in [0.15, 0.2) is 6.04 Å². The molecule has 0 radical (unpaired) electrons. The first-order chi connectivity index (χ1) is 9.11. The number of aryl methyl sites for hydroxylation is 1. The molecule has 0 bridgehead atoms. The second-order valence-corrected chi connectivity index (χ2v) is 5.23. The Morgan fingerprint density at radius 1 is 1.42 bits per heavy atom. The van der Waals surface area contributed by atoms with Gasteiger partial charge in [-0.05, 0) is 31.2 Å². The molecule has 0 fully saturated rings. The van der Waals surface area contributed by atoms with Crippen molar-refractivity contribution in [1.82, 2.24) is 4.98 Å². The topological polar surface area (TPSA) is 51.2 Å². The first-order valence-corrected chi connectivity index (χ1v) is 6.87. The third-order valence-electron chi connectivity index (χ3n) is 2.64. The number of thiazole rings is 1. The predicted molar refractivity (Wildman–Crippen MR) is 76.7 cm³/mol. The lowest BCUT2D eigenvalue weighted by Crippen LogP contribution is -2.22. The maximum Gasteiger partial charge on any atom is 0.333 e. The number of carbonyl (C=O) groups is 1. The number of halogens is 1. The first-order valence-electron chi connectivity index (χ1n) is 5.61. The summed E-state index contributed by atoms with van der Waals surface area (Å²) >= 11 is 7.26. The Kier molecular flexibility index (Phi) is 4.39. The van der Waals surface area contributed by atoms with Gasteiger partial charge in [0, 0.05) is 10.7 Å². The first kappa shape index (κ1) is 13.8. The summed E-state index contributed by atoms with van der Waals surface area (Å²) in [6.45, 7) is 1.87. The van der Waals surface area contributed by atoms with Crippen molar-refractivity contribution in [3.8, 4) is 0 Å². The van der Waals surface area contributed by atoms with Crippen LogP contribution in [-0.4, -0.2) is 18.1 Å². The second kappa shape index (κ2) is 6.04. The van der Waals surface area contributed by atoms with Crippen LogP contribution in [-0.2, 0) is 9.53 Å². The SMILES string of the molecule is COC(=O)C(Nc1ccc(Cl)cc1)c1scnc1C. The number of ether oxygens (including phenoxy) is 1. The Labute approximate surface area is 120 Å². The zero-order valence-corrected chi connectivity index (χ0v) is 12.1. The number of rotatable bonds is 4. The van der Waals surface area contributed by atoms with Gasteiger partial charge in [0.2, 0.25) is 0 Å². The highest BCUT2D eigenvalue weighted by Gasteiger charge is 2.24. The van der Waals surface area contributed by atoms with Crippen molar-refractivity contribution < 1.29 is 9.53 Å². The molecule has 0 saturated carbocycles. The van der Waals surface area contributed by atoms with Gasteiger partial charge in [-0.1, -0.05) is 11.6 Å². The van der Waals surface area contributed by atoms with E-state index in [0.29, 0.717) is 5.02 Å². The second-order valence-electron chi connectivity index (χ2n) is 3.91. The Morgan fingerprint density at radius 2 is 2.11 bits per heavy atom. The molecule has 2 aromatic rings. The van der Waals surface area contributed by atoms with Crippen molar-refractivity contribution in [2.45, 2.75) is 13.0 Å². The molecular formula is C13H13ClN2O2S. The third-order valence-corrected chi connectivity index (χ3v) is 3.88. The van der Waals surface area contributed by atoms with Crippen LogP contribution in [0.25, 0.3) is 0 Å². The van der Waals surface area contributed by atoms with Crippen LogP contribution in [0.2, 0.25) is 5.02 Å². The van der Waals surface area contributed by atoms with Crippen molar-refractivity contribution >= 4 is 34.6 Å². The van der Waals surface area contributed by atoms with E-state index in [0.717, 1.165) is 16.3 Å². The Balaban J connectivity index is 2.27. The smallest absolute Gasteiger partial charge is 0.333 e. The highest BCUT2D eigenvalue weighted by molar-refractivity contribution is 7.10. The van der Waals surface area contributed by atoms with Gasteiger partial charge in [0.05, 0.1) is 23.2 Å². The number of carbonyl (C=O) groups excluding carboxylic acids is 1. The molecule has 6 heteroatoms. The van der Waals surface area contributed by atoms with Crippen molar-refractivity contribution in [2.24, 2.45) is 0 Å². The summed E-state index contributed by atoms with van der Waals surface area (Å²) in [5.41, 5.74) is 3.33. The average Bonchev–Trinajstić information content (AvgIpc) is 2.83. The van der Waals surface area contributed by atoms with Crippen LogP contribution >= 0.6 is 22.9 Å². The molecule has 0 amide bonds. The van der Waals surface area contributed by atoms with Crippen LogP contribution in [0.15, 0.2) is 29.8 Å². The minimum atomic E-state index is -0.557. The Hall–Kier alpha value is -1.59. The van der Waals surface area contributed by atoms with Crippen molar-refractivity contribution in [3.05, 3.63) is 45.4 Å². The van der Waals surface area contributed by atoms with Crippen molar-refractivity contribution in [2.75, 3.05) is 12.4 Å². The van der Waals surface area contributed by atoms with E-state index in [1.165, 1.54) is 18.4 Å². The summed E-state index contributed by atoms with van der Waals surface area (Å²) in [5, 5.41) is 3.78. The molecule has 1 atom stereocenters. The van der Waals surface area contributed by atoms with Crippen molar-refractivity contribution in [3.63, 3.8) is 0 Å². The van der Waals surface area contributed by atoms with Crippen molar-refractivity contribution in [1.29, 1.82) is 0 Å². The zero-order valence-electron chi connectivity index (χ0n) is 10.5. The molecule has 100 valence electrons. The molecule has 0 aliphatic heterocycles. The lowest BCUT2D eigenvalue weighted by molar-refractivity contribution is -0.141. The number of benzene rings is 1. The molecule has 0 saturated heterocycles. The number of aromatic nitrogens is 1. The van der Waals surface area contributed by atoms with Crippen LogP contribution in [0, 0.1) is 6.92 Å². The molecule has 1 unspecified atom stereocenters. The van der Waals surface area contributed by atoms with E-state index in [9.17, 15) is 4.79 Å². The maximum atomic E-state index is 11.9. The van der Waals surface area contributed by atoms with E-state index in [1.807, 2.05) is 19.1 Å². The molecule has 0 spiro atoms. The molecule has 1 heterocycles. The summed E-state index contributed by atoms with van der Waals surface area (Å²) in [5.74, 6) is -0.345. The van der Waals surface area contributed by atoms with Gasteiger partial charge in [-0.2, -0.15) is 0 Å². The number of nitrogens with one attached hydrogen (secondary N) is 1. The molecule has 4 nitrogen and oxygen atoms in total. The van der Waals surface area contributed by atoms with E-state index >= 15 is 0 Å². The van der Waals surface area contributed by atoms with Gasteiger partial charge in [0.1, 0.15) is 0 Å². The fraction of sp³-hybridized carbons (Fsp3) is 0.231. The number of hydrogen-bond donors (Lipinski definition) is 1. The lowest BCUT2D eigenvalue weighted by atomic mass is 10.2. The monoisotopic (exact) mass is 296 g/mol. The number of nitrogens with zero attached hydrogens (tertiary/aromatic N) is 1. The van der Waals surface area contributed by atoms with Crippen LogP contribution < -0.4 is 5.32 Å². The van der Waals surface area contributed by atoms with Gasteiger partial charge in [-0.25, -0.2) is 9.78 Å². The van der Waals surface area contributed by atoms with Crippen LogP contribution in [0.5, 0.6) is 0 Å². The predicted octanol–water partition coefficient (Wildman–Crippen LogP) is 3.43. The summed E-state index contributed by atoms with van der Waals surface area (Å²) in [6, 6.07) is 6.59. The maximum absolute atomic E-state index is 11.9. The largest absolute Gasteiger partial charge is 0.467 e. The molecule has 0 aliphatic rings. The Morgan fingerprint density at radius 3 is 2.63 bits per heavy atom. The average molecular weight is 297 g/mol. The summed E-state index contributed by atoms with van der Waals surface area (Å²) in [4.78, 5) is 16.9. The van der Waals surface area contributed by atoms with Gasteiger partial charge >= 0.3 is 5.97 Å². The minimum absolute atomic E-state index is 0.345. The third kappa shape index (κ3) is 3.24. The minimum Gasteiger partial charge on any atom is -0.467 e. The van der Waals surface area contributed by atoms with Gasteiger partial charge in [-0.15, -0.1) is 11.3 Å². The molecule has 0 aliphatic carbocycles. The molecule has 19 heavy (non-hydrogen) atoms. The fourth-order valence-corrected chi connectivity index (χ4v) is 2.62. The van der Waals surface area contributed by atoms with Crippen LogP contribution in [0.1, 0.15) is 16.6 Å². The highest BCUT2D eigenvalue weighted by atomic mass is 35.5. The molecular weight excluding hydrogens is 284 g/mol. The number of anilines is 1. The molecule has 1 N–H and O–H groups in total. The summed E-state index contributed by atoms with van der Waals surface area (Å²) in [6.07, 6.45) is 0. The van der Waals surface area contributed by atoms with E-state index in [1.54, 1.807) is 17.6 Å². The molecule has 1 aromatic carbocycles. The number of methoxy groups -OCH3 is 1. The fourth-order valence-electron chi connectivity index (χ4n) is 1.65. The molecule has 1 aromatic heterocycles. The number of hydrogen-bond acceptors (Lipinski definition) is 5. The quantitative estimate of drug-likeness (QED) is 0.878. The lowest BCUT2D eigenvalue weighted by Gasteiger charge is -2.17. The standard InChI is InChI=1S/C13H13ClN2O2S/c1-8-12(19-7-15-8)11(13(17)18-2)16-10-5-3-9(14)4-6-10/h3-7,11,16H,1-2H3. The summed E-state index contributed by atoms with van der Waals surface area (Å²) < 4.78 is 4.84. The van der Waals surface area contributed by atoms with Crippen LogP contribution in [0.3, 0.4) is 0 Å².